The Labute approximate surface area is 521 Å². The fraction of sp³-hybridized carbons (Fsp3) is 0.740. The van der Waals surface area contributed by atoms with Gasteiger partial charge in [-0.3, -0.25) is 4.79 Å². The van der Waals surface area contributed by atoms with Gasteiger partial charge in [0.15, 0.2) is 6.29 Å². The molecule has 1 amide bonds. The first kappa shape index (κ1) is 72.9. The van der Waals surface area contributed by atoms with Gasteiger partial charge < -0.3 is 44.0 Å². The molecule has 1 saturated heterocycles. The van der Waals surface area contributed by atoms with E-state index in [9.17, 15) is 15.0 Å². The number of hydrogen-bond acceptors (Lipinski definition) is 10. The van der Waals surface area contributed by atoms with Crippen molar-refractivity contribution < 1.29 is 43.4 Å². The van der Waals surface area contributed by atoms with Gasteiger partial charge in [-0.25, -0.2) is 0 Å². The molecule has 0 unspecified atom stereocenters. The zero-order chi connectivity index (χ0) is 60.6. The summed E-state index contributed by atoms with van der Waals surface area (Å²) in [5.74, 6) is 0.167. The van der Waals surface area contributed by atoms with Crippen LogP contribution in [0.1, 0.15) is 261 Å². The maximum Gasteiger partial charge on any atom is 0.220 e. The maximum atomic E-state index is 13.9. The van der Waals surface area contributed by atoms with Crippen molar-refractivity contribution in [2.24, 2.45) is 11.0 Å². The molecule has 1 saturated carbocycles. The van der Waals surface area contributed by atoms with Gasteiger partial charge in [0, 0.05) is 24.5 Å². The summed E-state index contributed by atoms with van der Waals surface area (Å²) in [5.41, 5.74) is 11.5. The third-order valence-corrected chi connectivity index (χ3v) is 17.7. The molecule has 3 aromatic rings. The van der Waals surface area contributed by atoms with Crippen molar-refractivity contribution in [1.29, 1.82) is 0 Å². The van der Waals surface area contributed by atoms with E-state index in [1.54, 1.807) is 0 Å². The minimum Gasteiger partial charge on any atom is -0.390 e. The molecule has 13 nitrogen and oxygen atoms in total. The lowest BCUT2D eigenvalue weighted by Crippen LogP contribution is -2.62. The Morgan fingerprint density at radius 2 is 0.977 bits per heavy atom. The van der Waals surface area contributed by atoms with Crippen LogP contribution in [-0.4, -0.2) is 91.4 Å². The number of carbonyl (C=O) groups is 1. The van der Waals surface area contributed by atoms with Crippen LogP contribution in [0.3, 0.4) is 0 Å². The third-order valence-electron chi connectivity index (χ3n) is 17.7. The van der Waals surface area contributed by atoms with E-state index in [2.05, 4.69) is 22.3 Å². The Morgan fingerprint density at radius 3 is 1.44 bits per heavy atom. The van der Waals surface area contributed by atoms with Crippen LogP contribution in [0, 0.1) is 5.92 Å². The monoisotopic (exact) mass is 1190 g/mol. The highest BCUT2D eigenvalue weighted by Crippen LogP contribution is 2.33. The van der Waals surface area contributed by atoms with Crippen molar-refractivity contribution >= 4 is 5.91 Å². The number of hydrogen-bond donors (Lipinski definition) is 3. The summed E-state index contributed by atoms with van der Waals surface area (Å²) >= 11 is 0. The van der Waals surface area contributed by atoms with Crippen molar-refractivity contribution in [3.05, 3.63) is 118 Å². The van der Waals surface area contributed by atoms with Crippen LogP contribution in [0.2, 0.25) is 0 Å². The zero-order valence-corrected chi connectivity index (χ0v) is 53.6. The lowest BCUT2D eigenvalue weighted by molar-refractivity contribution is -0.329. The minimum atomic E-state index is -1.26. The Morgan fingerprint density at radius 1 is 0.558 bits per heavy atom. The molecular weight excluding hydrogens is 1080 g/mol. The predicted octanol–water partition coefficient (Wildman–Crippen LogP) is 18.1. The topological polar surface area (TPSA) is 174 Å². The summed E-state index contributed by atoms with van der Waals surface area (Å²) in [6.45, 7) is 4.38. The minimum absolute atomic E-state index is 0.128. The molecule has 5 rings (SSSR count). The summed E-state index contributed by atoms with van der Waals surface area (Å²) in [4.78, 5) is 16.7. The third kappa shape index (κ3) is 33.1. The molecule has 86 heavy (non-hydrogen) atoms. The van der Waals surface area contributed by atoms with Crippen molar-refractivity contribution in [2.75, 3.05) is 26.4 Å². The molecule has 13 heteroatoms. The Bertz CT molecular complexity index is 2100. The van der Waals surface area contributed by atoms with Crippen LogP contribution in [-0.2, 0) is 53.0 Å². The summed E-state index contributed by atoms with van der Waals surface area (Å²) in [6, 6.07) is 29.3. The second-order valence-corrected chi connectivity index (χ2v) is 25.2. The summed E-state index contributed by atoms with van der Waals surface area (Å²) in [6.07, 6.45) is 37.5. The first-order valence-electron chi connectivity index (χ1n) is 34.9. The number of rotatable bonds is 54. The van der Waals surface area contributed by atoms with Crippen LogP contribution >= 0.6 is 0 Å². The molecule has 0 spiro atoms. The fourth-order valence-electron chi connectivity index (χ4n) is 12.5. The zero-order valence-electron chi connectivity index (χ0n) is 53.6. The lowest BCUT2D eigenvalue weighted by atomic mass is 9.94. The molecule has 3 N–H and O–H groups in total. The highest BCUT2D eigenvalue weighted by atomic mass is 16.7. The van der Waals surface area contributed by atoms with Crippen molar-refractivity contribution in [2.45, 2.75) is 313 Å². The molecule has 2 fully saturated rings. The van der Waals surface area contributed by atoms with Gasteiger partial charge in [0.25, 0.3) is 0 Å². The lowest BCUT2D eigenvalue weighted by Gasteiger charge is -2.46. The number of nitrogens with zero attached hydrogens (tertiary/aromatic N) is 3. The molecule has 1 heterocycles. The van der Waals surface area contributed by atoms with Crippen LogP contribution in [0.5, 0.6) is 0 Å². The van der Waals surface area contributed by atoms with Gasteiger partial charge in [-0.2, -0.15) is 0 Å². The number of aliphatic hydroxyl groups excluding tert-OH is 2. The van der Waals surface area contributed by atoms with E-state index in [1.165, 1.54) is 148 Å². The molecule has 1 aliphatic heterocycles. The number of carbonyl (C=O) groups excluding carboxylic acids is 1. The van der Waals surface area contributed by atoms with Crippen molar-refractivity contribution in [3.8, 4) is 0 Å². The Balaban J connectivity index is 1.19. The first-order valence-corrected chi connectivity index (χ1v) is 34.9. The molecule has 1 aliphatic carbocycles. The summed E-state index contributed by atoms with van der Waals surface area (Å²) in [5, 5.41) is 30.5. The van der Waals surface area contributed by atoms with E-state index in [-0.39, 0.29) is 32.3 Å². The SMILES string of the molecule is CCCCCCCCCCCCCCCCCCCCCCC(=O)N[C@@H](CO[C@H]1O[C@H](COCCCCCCCCCCCCCN=[N+]=[N-])[C@H](OCc2ccccc2)[C@H](OCc2ccccc2)[C@H]1OCc1ccccc1)[C@H](O)[C@H](O)CC1CCCC1. The largest absolute Gasteiger partial charge is 0.390 e. The van der Waals surface area contributed by atoms with E-state index in [0.29, 0.717) is 38.5 Å². The Kier molecular flexibility index (Phi) is 41.5. The van der Waals surface area contributed by atoms with Gasteiger partial charge in [0.05, 0.1) is 45.2 Å². The van der Waals surface area contributed by atoms with E-state index >= 15 is 0 Å². The number of ether oxygens (including phenoxy) is 6. The highest BCUT2D eigenvalue weighted by molar-refractivity contribution is 5.76. The molecule has 0 aromatic heterocycles. The highest BCUT2D eigenvalue weighted by Gasteiger charge is 2.49. The number of unbranched alkanes of at least 4 members (excludes halogenated alkanes) is 29. The van der Waals surface area contributed by atoms with Crippen LogP contribution in [0.15, 0.2) is 96.1 Å². The van der Waals surface area contributed by atoms with Gasteiger partial charge in [-0.15, -0.1) is 0 Å². The molecule has 0 radical (unpaired) electrons. The molecule has 484 valence electrons. The second-order valence-electron chi connectivity index (χ2n) is 25.2. The average Bonchev–Trinajstić information content (AvgIpc) is 3.74. The van der Waals surface area contributed by atoms with Gasteiger partial charge in [-0.1, -0.05) is 308 Å². The van der Waals surface area contributed by atoms with Crippen LogP contribution < -0.4 is 5.32 Å². The van der Waals surface area contributed by atoms with Crippen molar-refractivity contribution in [1.82, 2.24) is 5.32 Å². The summed E-state index contributed by atoms with van der Waals surface area (Å²) in [7, 11) is 0. The number of aliphatic hydroxyl groups is 2. The van der Waals surface area contributed by atoms with E-state index < -0.39 is 49.0 Å². The predicted molar refractivity (Wildman–Crippen MR) is 348 cm³/mol. The normalized spacial score (nSPS) is 19.1. The summed E-state index contributed by atoms with van der Waals surface area (Å²) < 4.78 is 41.2. The smallest absolute Gasteiger partial charge is 0.220 e. The average molecular weight is 1200 g/mol. The number of nitrogens with one attached hydrogen (secondary N) is 1. The van der Waals surface area contributed by atoms with E-state index in [1.807, 2.05) is 91.0 Å². The number of azide groups is 1. The molecule has 8 atom stereocenters. The number of benzene rings is 3. The van der Waals surface area contributed by atoms with E-state index in [0.717, 1.165) is 93.7 Å². The van der Waals surface area contributed by atoms with E-state index in [4.69, 9.17) is 34.0 Å². The fourth-order valence-corrected chi connectivity index (χ4v) is 12.5. The second kappa shape index (κ2) is 49.0. The standard InChI is InChI=1S/C73H118N4O9/c1-2-3-4-5-6-7-8-9-10-11-12-13-14-15-16-18-21-24-27-39-52-68(79)76-65(69(80)66(78)55-61-44-40-41-45-61)59-85-73-72(84-58-64-50-37-32-38-51-64)71(83-57-63-48-35-31-36-49-63)70(82-56-62-46-33-30-34-47-62)67(86-73)60-81-54-43-29-26-23-20-17-19-22-25-28-42-53-75-77-74/h30-38,46-51,61,65-67,69-73,78,80H,2-29,39-45,52-60H2,1H3,(H,76,79)/t65-,66+,67+,69-,70-,71-,72+,73-/m0/s1. The van der Waals surface area contributed by atoms with Gasteiger partial charge in [-0.05, 0) is 53.8 Å². The van der Waals surface area contributed by atoms with Crippen LogP contribution in [0.4, 0.5) is 0 Å². The van der Waals surface area contributed by atoms with Crippen LogP contribution in [0.25, 0.3) is 10.4 Å². The van der Waals surface area contributed by atoms with Crippen molar-refractivity contribution in [3.63, 3.8) is 0 Å². The molecule has 0 bridgehead atoms. The van der Waals surface area contributed by atoms with Gasteiger partial charge in [0.2, 0.25) is 5.91 Å². The van der Waals surface area contributed by atoms with Gasteiger partial charge >= 0.3 is 0 Å². The Hall–Kier alpha value is -3.88. The van der Waals surface area contributed by atoms with Gasteiger partial charge in [0.1, 0.15) is 30.5 Å². The molecule has 2 aliphatic rings. The molecular formula is C73H118N4O9. The molecule has 3 aromatic carbocycles. The first-order chi connectivity index (χ1) is 42.4. The number of amides is 1. The maximum absolute atomic E-state index is 13.9. The quantitative estimate of drug-likeness (QED) is 0.0215.